The lowest BCUT2D eigenvalue weighted by Crippen LogP contribution is -2.44. The molecule has 1 N–H and O–H groups in total. The number of rotatable bonds is 5. The molecule has 0 aliphatic carbocycles. The number of aromatic nitrogens is 3. The summed E-state index contributed by atoms with van der Waals surface area (Å²) in [7, 11) is 0. The Morgan fingerprint density at radius 2 is 2.16 bits per heavy atom. The van der Waals surface area contributed by atoms with Gasteiger partial charge in [-0.15, -0.1) is 0 Å². The molecule has 0 aromatic carbocycles. The number of aliphatic hydroxyl groups is 1. The summed E-state index contributed by atoms with van der Waals surface area (Å²) >= 11 is 0. The average Bonchev–Trinajstić information content (AvgIpc) is 2.96. The molecule has 0 saturated carbocycles. The number of fused-ring (bicyclic) bond motifs is 1. The molecule has 1 fully saturated rings. The van der Waals surface area contributed by atoms with Gasteiger partial charge in [0.25, 0.3) is 0 Å². The van der Waals surface area contributed by atoms with Crippen LogP contribution in [0, 0.1) is 19.3 Å². The largest absolute Gasteiger partial charge is 0.396 e. The number of hydrogen-bond donors (Lipinski definition) is 1. The molecule has 1 aliphatic heterocycles. The zero-order valence-electron chi connectivity index (χ0n) is 15.9. The second-order valence-corrected chi connectivity index (χ2v) is 7.90. The number of aryl methyl sites for hydroxylation is 2. The Kier molecular flexibility index (Phi) is 5.25. The molecule has 25 heavy (non-hydrogen) atoms. The van der Waals surface area contributed by atoms with Gasteiger partial charge in [-0.2, -0.15) is 5.10 Å². The molecule has 5 nitrogen and oxygen atoms in total. The predicted molar refractivity (Wildman–Crippen MR) is 101 cm³/mol. The molecule has 1 saturated heterocycles. The number of likely N-dealkylation sites (tertiary alicyclic amines) is 1. The number of allylic oxidation sites excluding steroid dienone is 2. The average molecular weight is 342 g/mol. The zero-order chi connectivity index (χ0) is 18.0. The zero-order valence-corrected chi connectivity index (χ0v) is 15.9. The quantitative estimate of drug-likeness (QED) is 0.847. The minimum atomic E-state index is -0.0161. The summed E-state index contributed by atoms with van der Waals surface area (Å²) < 4.78 is 1.93. The molecule has 5 heteroatoms. The van der Waals surface area contributed by atoms with Crippen molar-refractivity contribution in [3.05, 3.63) is 40.9 Å². The molecular formula is C20H30N4O. The fraction of sp³-hybridized carbons (Fsp3) is 0.600. The van der Waals surface area contributed by atoms with Crippen LogP contribution in [-0.2, 0) is 6.54 Å². The van der Waals surface area contributed by atoms with E-state index in [1.807, 2.05) is 17.6 Å². The predicted octanol–water partition coefficient (Wildman–Crippen LogP) is 3.28. The van der Waals surface area contributed by atoms with E-state index in [1.54, 1.807) is 0 Å². The van der Waals surface area contributed by atoms with Crippen molar-refractivity contribution in [2.75, 3.05) is 19.7 Å². The lowest BCUT2D eigenvalue weighted by Gasteiger charge is -2.41. The highest BCUT2D eigenvalue weighted by atomic mass is 16.3. The third-order valence-corrected chi connectivity index (χ3v) is 5.26. The molecule has 1 atom stereocenters. The highest BCUT2D eigenvalue weighted by Gasteiger charge is 2.34. The van der Waals surface area contributed by atoms with E-state index in [9.17, 15) is 5.11 Å². The maximum absolute atomic E-state index is 10.1. The SMILES string of the molecule is CC(C)=CC[C@]1(CO)CCCN(Cc2cnn3c(C)cc(C)nc23)C1. The Morgan fingerprint density at radius 3 is 2.88 bits per heavy atom. The summed E-state index contributed by atoms with van der Waals surface area (Å²) in [5.41, 5.74) is 5.57. The monoisotopic (exact) mass is 342 g/mol. The normalized spacial score (nSPS) is 21.6. The fourth-order valence-electron chi connectivity index (χ4n) is 3.89. The smallest absolute Gasteiger partial charge is 0.159 e. The number of piperidine rings is 1. The third-order valence-electron chi connectivity index (χ3n) is 5.26. The minimum Gasteiger partial charge on any atom is -0.396 e. The van der Waals surface area contributed by atoms with Crippen LogP contribution in [0.4, 0.5) is 0 Å². The van der Waals surface area contributed by atoms with Gasteiger partial charge in [-0.1, -0.05) is 11.6 Å². The van der Waals surface area contributed by atoms with Gasteiger partial charge in [-0.25, -0.2) is 9.50 Å². The van der Waals surface area contributed by atoms with E-state index < -0.39 is 0 Å². The molecule has 3 heterocycles. The van der Waals surface area contributed by atoms with Crippen LogP contribution in [0.1, 0.15) is 50.1 Å². The maximum atomic E-state index is 10.1. The highest BCUT2D eigenvalue weighted by Crippen LogP contribution is 2.34. The van der Waals surface area contributed by atoms with Crippen LogP contribution in [0.3, 0.4) is 0 Å². The lowest BCUT2D eigenvalue weighted by atomic mass is 9.77. The lowest BCUT2D eigenvalue weighted by molar-refractivity contribution is 0.0309. The Bertz CT molecular complexity index is 775. The van der Waals surface area contributed by atoms with Gasteiger partial charge >= 0.3 is 0 Å². The van der Waals surface area contributed by atoms with E-state index in [1.165, 1.54) is 11.1 Å². The Labute approximate surface area is 150 Å². The van der Waals surface area contributed by atoms with E-state index in [2.05, 4.69) is 42.9 Å². The van der Waals surface area contributed by atoms with Crippen molar-refractivity contribution in [3.8, 4) is 0 Å². The van der Waals surface area contributed by atoms with E-state index in [0.717, 1.165) is 55.9 Å². The summed E-state index contributed by atoms with van der Waals surface area (Å²) in [5.74, 6) is 0. The first-order chi connectivity index (χ1) is 11.9. The van der Waals surface area contributed by atoms with Gasteiger partial charge in [-0.3, -0.25) is 4.90 Å². The van der Waals surface area contributed by atoms with Crippen molar-refractivity contribution in [1.82, 2.24) is 19.5 Å². The number of hydrogen-bond acceptors (Lipinski definition) is 4. The molecule has 0 amide bonds. The van der Waals surface area contributed by atoms with Crippen LogP contribution in [0.5, 0.6) is 0 Å². The van der Waals surface area contributed by atoms with Crippen molar-refractivity contribution < 1.29 is 5.11 Å². The Morgan fingerprint density at radius 1 is 1.36 bits per heavy atom. The van der Waals surface area contributed by atoms with Gasteiger partial charge in [-0.05, 0) is 59.6 Å². The first-order valence-corrected chi connectivity index (χ1v) is 9.20. The summed E-state index contributed by atoms with van der Waals surface area (Å²) in [4.78, 5) is 7.15. The molecule has 0 spiro atoms. The molecule has 1 aliphatic rings. The van der Waals surface area contributed by atoms with Crippen LogP contribution in [0.2, 0.25) is 0 Å². The molecule has 3 rings (SSSR count). The summed E-state index contributed by atoms with van der Waals surface area (Å²) in [6.45, 7) is 11.4. The first kappa shape index (κ1) is 18.1. The van der Waals surface area contributed by atoms with Gasteiger partial charge in [0.15, 0.2) is 5.65 Å². The molecular weight excluding hydrogens is 312 g/mol. The standard InChI is InChI=1S/C20H30N4O/c1-15(2)6-8-20(14-25)7-5-9-23(13-20)12-18-11-21-24-17(4)10-16(3)22-19(18)24/h6,10-11,25H,5,7-9,12-14H2,1-4H3/t20-/m1/s1. The van der Waals surface area contributed by atoms with E-state index in [4.69, 9.17) is 4.98 Å². The van der Waals surface area contributed by atoms with E-state index >= 15 is 0 Å². The van der Waals surface area contributed by atoms with Gasteiger partial charge < -0.3 is 5.11 Å². The van der Waals surface area contributed by atoms with Crippen LogP contribution in [0.25, 0.3) is 5.65 Å². The van der Waals surface area contributed by atoms with Crippen LogP contribution in [0.15, 0.2) is 23.9 Å². The third kappa shape index (κ3) is 3.93. The van der Waals surface area contributed by atoms with Crippen LogP contribution >= 0.6 is 0 Å². The van der Waals surface area contributed by atoms with Crippen molar-refractivity contribution in [2.24, 2.45) is 5.41 Å². The van der Waals surface area contributed by atoms with Crippen molar-refractivity contribution >= 4 is 5.65 Å². The molecule has 0 unspecified atom stereocenters. The van der Waals surface area contributed by atoms with Crippen molar-refractivity contribution in [2.45, 2.75) is 53.5 Å². The van der Waals surface area contributed by atoms with Gasteiger partial charge in [0.2, 0.25) is 0 Å². The van der Waals surface area contributed by atoms with Gasteiger partial charge in [0, 0.05) is 35.5 Å². The Balaban J connectivity index is 1.80. The summed E-state index contributed by atoms with van der Waals surface area (Å²) in [6.07, 6.45) is 7.38. The highest BCUT2D eigenvalue weighted by molar-refractivity contribution is 5.47. The minimum absolute atomic E-state index is 0.0161. The number of nitrogens with zero attached hydrogens (tertiary/aromatic N) is 4. The molecule has 136 valence electrons. The fourth-order valence-corrected chi connectivity index (χ4v) is 3.89. The first-order valence-electron chi connectivity index (χ1n) is 9.20. The molecule has 0 bridgehead atoms. The summed E-state index contributed by atoms with van der Waals surface area (Å²) in [6, 6.07) is 2.06. The second-order valence-electron chi connectivity index (χ2n) is 7.90. The van der Waals surface area contributed by atoms with Crippen molar-refractivity contribution in [3.63, 3.8) is 0 Å². The van der Waals surface area contributed by atoms with Gasteiger partial charge in [0.05, 0.1) is 12.8 Å². The topological polar surface area (TPSA) is 53.7 Å². The van der Waals surface area contributed by atoms with Gasteiger partial charge in [0.1, 0.15) is 0 Å². The second kappa shape index (κ2) is 7.26. The Hall–Kier alpha value is -1.72. The van der Waals surface area contributed by atoms with E-state index in [0.29, 0.717) is 0 Å². The maximum Gasteiger partial charge on any atom is 0.159 e. The summed E-state index contributed by atoms with van der Waals surface area (Å²) in [5, 5.41) is 14.6. The molecule has 2 aromatic heterocycles. The van der Waals surface area contributed by atoms with E-state index in [-0.39, 0.29) is 12.0 Å². The number of aliphatic hydroxyl groups excluding tert-OH is 1. The van der Waals surface area contributed by atoms with Crippen LogP contribution < -0.4 is 0 Å². The molecule has 2 aromatic rings. The molecule has 0 radical (unpaired) electrons. The van der Waals surface area contributed by atoms with Crippen molar-refractivity contribution in [1.29, 1.82) is 0 Å². The van der Waals surface area contributed by atoms with Crippen LogP contribution in [-0.4, -0.2) is 44.3 Å².